The maximum atomic E-state index is 14.3. The van der Waals surface area contributed by atoms with Gasteiger partial charge in [-0.3, -0.25) is 0 Å². The zero-order valence-corrected chi connectivity index (χ0v) is 53.9. The summed E-state index contributed by atoms with van der Waals surface area (Å²) in [5.41, 5.74) is 9.08. The summed E-state index contributed by atoms with van der Waals surface area (Å²) in [5, 5.41) is 0. The predicted octanol–water partition coefficient (Wildman–Crippen LogP) is 18.4. The highest BCUT2D eigenvalue weighted by Gasteiger charge is 2.56. The van der Waals surface area contributed by atoms with Gasteiger partial charge in [0.1, 0.15) is 23.0 Å². The Kier molecular flexibility index (Phi) is 17.0. The number of unbranched alkanes of at least 4 members (excludes halogenated alkanes) is 4. The fourth-order valence-electron chi connectivity index (χ4n) is 13.7. The first-order valence-corrected chi connectivity index (χ1v) is 32.1. The van der Waals surface area contributed by atoms with Gasteiger partial charge >= 0.3 is 24.1 Å². The number of hydrogen-bond acceptors (Lipinski definition) is 12. The fourth-order valence-corrected chi connectivity index (χ4v) is 13.7. The first-order valence-electron chi connectivity index (χ1n) is 32.1. The number of amides is 2. The Morgan fingerprint density at radius 2 is 0.769 bits per heavy atom. The van der Waals surface area contributed by atoms with Crippen LogP contribution in [0, 0.1) is 13.8 Å². The van der Waals surface area contributed by atoms with Crippen LogP contribution in [0.4, 0.5) is 43.7 Å². The number of rotatable bonds is 20. The Balaban J connectivity index is 0.868. The molecule has 14 nitrogen and oxygen atoms in total. The maximum absolute atomic E-state index is 14.3. The van der Waals surface area contributed by atoms with Gasteiger partial charge in [0.2, 0.25) is 0 Å². The van der Waals surface area contributed by atoms with Crippen molar-refractivity contribution >= 4 is 58.2 Å². The molecule has 2 amide bonds. The van der Waals surface area contributed by atoms with Gasteiger partial charge in [0.25, 0.3) is 0 Å². The van der Waals surface area contributed by atoms with Crippen molar-refractivity contribution in [3.63, 3.8) is 0 Å². The van der Waals surface area contributed by atoms with Crippen molar-refractivity contribution in [2.45, 2.75) is 123 Å². The van der Waals surface area contributed by atoms with Crippen LogP contribution >= 0.6 is 0 Å². The molecule has 4 aliphatic heterocycles. The van der Waals surface area contributed by atoms with Gasteiger partial charge in [-0.1, -0.05) is 128 Å². The average Bonchev–Trinajstić information content (AvgIpc) is 1.65. The summed E-state index contributed by atoms with van der Waals surface area (Å²) in [6.45, 7) is 20.5. The lowest BCUT2D eigenvalue weighted by atomic mass is 9.77. The molecule has 4 heterocycles. The maximum Gasteiger partial charge on any atom is 0.418 e. The molecule has 0 saturated heterocycles. The van der Waals surface area contributed by atoms with E-state index in [0.29, 0.717) is 90.3 Å². The molecule has 2 atom stereocenters. The summed E-state index contributed by atoms with van der Waals surface area (Å²) < 4.78 is 38.1. The molecule has 2 unspecified atom stereocenters. The number of carbonyl (C=O) groups is 4. The van der Waals surface area contributed by atoms with Crippen molar-refractivity contribution in [3.05, 3.63) is 224 Å². The van der Waals surface area contributed by atoms with Crippen LogP contribution in [0.15, 0.2) is 158 Å². The molecule has 0 bridgehead atoms. The van der Waals surface area contributed by atoms with E-state index >= 15 is 0 Å². The minimum absolute atomic E-state index is 0.446. The van der Waals surface area contributed by atoms with Gasteiger partial charge in [-0.05, 0) is 147 Å². The van der Waals surface area contributed by atoms with Crippen LogP contribution in [0.25, 0.3) is 0 Å². The quantitative estimate of drug-likeness (QED) is 0.0531. The number of fused-ring (bicyclic) bond motifs is 12. The zero-order chi connectivity index (χ0) is 63.9. The Labute approximate surface area is 534 Å². The van der Waals surface area contributed by atoms with Gasteiger partial charge in [-0.25, -0.2) is 29.0 Å². The number of ether oxygens (including phenoxy) is 6. The van der Waals surface area contributed by atoms with Gasteiger partial charge in [0.05, 0.1) is 48.1 Å². The molecule has 468 valence electrons. The van der Waals surface area contributed by atoms with Gasteiger partial charge < -0.3 is 38.2 Å². The Bertz CT molecular complexity index is 3840. The SMILES string of the molecule is CCCCN(CCCC)c1ccc2c(c1)Oc1cc(C)c(N(C(=O)OC)c3ccc(C(C)(C)c4ccc(N(C(=O)OC)c5cc6c(cc5C)Oc5cc(N(CCCC)CCCC)ccc5C65OC(=O)c6ccccc65)cc4)cc3)cc1C21OC(=O)c2ccccc21. The molecule has 0 radical (unpaired) electrons. The molecule has 12 rings (SSSR count). The van der Waals surface area contributed by atoms with E-state index in [1.165, 1.54) is 24.0 Å². The topological polar surface area (TPSA) is 137 Å². The van der Waals surface area contributed by atoms with Crippen molar-refractivity contribution in [1.82, 2.24) is 0 Å². The first-order chi connectivity index (χ1) is 44.1. The lowest BCUT2D eigenvalue weighted by Crippen LogP contribution is -2.34. The molecule has 0 aromatic heterocycles. The summed E-state index contributed by atoms with van der Waals surface area (Å²) in [6, 6.07) is 50.6. The largest absolute Gasteiger partial charge is 0.456 e. The third kappa shape index (κ3) is 10.6. The highest BCUT2D eigenvalue weighted by molar-refractivity contribution is 6.01. The van der Waals surface area contributed by atoms with Crippen molar-refractivity contribution < 1.29 is 47.6 Å². The van der Waals surface area contributed by atoms with Gasteiger partial charge in [-0.15, -0.1) is 0 Å². The molecular formula is C77H80N4O10. The molecule has 0 aliphatic carbocycles. The highest BCUT2D eigenvalue weighted by Crippen LogP contribution is 2.60. The lowest BCUT2D eigenvalue weighted by Gasteiger charge is -2.38. The fraction of sp³-hybridized carbons (Fsp3) is 0.325. The number of carbonyl (C=O) groups excluding carboxylic acids is 4. The summed E-state index contributed by atoms with van der Waals surface area (Å²) in [5.74, 6) is 1.34. The van der Waals surface area contributed by atoms with E-state index in [2.05, 4.69) is 75.6 Å². The molecule has 8 aromatic carbocycles. The molecular weight excluding hydrogens is 1140 g/mol. The predicted molar refractivity (Wildman–Crippen MR) is 357 cm³/mol. The smallest absolute Gasteiger partial charge is 0.418 e. The van der Waals surface area contributed by atoms with E-state index in [1.54, 1.807) is 12.1 Å². The number of methoxy groups -OCH3 is 2. The normalized spacial score (nSPS) is 16.2. The minimum Gasteiger partial charge on any atom is -0.456 e. The molecule has 4 aliphatic rings. The summed E-state index contributed by atoms with van der Waals surface area (Å²) in [6.07, 6.45) is 7.26. The molecule has 2 spiro atoms. The number of nitrogens with zero attached hydrogens (tertiary/aromatic N) is 4. The number of esters is 2. The molecule has 91 heavy (non-hydrogen) atoms. The van der Waals surface area contributed by atoms with Crippen LogP contribution < -0.4 is 29.1 Å². The van der Waals surface area contributed by atoms with Crippen LogP contribution in [0.3, 0.4) is 0 Å². The standard InChI is InChI=1S/C77H80N4O10/c1-11-15-39-78(40-16-12-2)55-35-37-61-69(45-55)88-67-43-49(5)65(47-63(67)76(61)59-25-21-19-23-57(59)71(82)90-76)80(73(84)86-9)53-31-27-51(28-32-53)75(7,8)52-29-33-54(34-30-52)81(74(85)87-10)66-48-64-68(44-50(66)6)89-70-46-56(79(41-17-13-3)42-18-14-4)36-38-62(70)77(64)60-26-22-20-24-58(60)72(83)91-77/h19-38,43-48H,11-18,39-42H2,1-10H3. The number of hydrogen-bond donors (Lipinski definition) is 0. The summed E-state index contributed by atoms with van der Waals surface area (Å²) >= 11 is 0. The van der Waals surface area contributed by atoms with Gasteiger partial charge in [0.15, 0.2) is 11.2 Å². The van der Waals surface area contributed by atoms with E-state index < -0.39 is 40.7 Å². The van der Waals surface area contributed by atoms with E-state index in [-0.39, 0.29) is 0 Å². The van der Waals surface area contributed by atoms with Crippen LogP contribution in [-0.2, 0) is 35.6 Å². The molecule has 0 saturated carbocycles. The second-order valence-corrected chi connectivity index (χ2v) is 24.8. The molecule has 0 N–H and O–H groups in total. The van der Waals surface area contributed by atoms with Crippen molar-refractivity contribution in [2.75, 3.05) is 60.0 Å². The van der Waals surface area contributed by atoms with E-state index in [1.807, 2.05) is 135 Å². The minimum atomic E-state index is -1.38. The number of anilines is 6. The van der Waals surface area contributed by atoms with Gasteiger partial charge in [0, 0.05) is 88.5 Å². The Hall–Kier alpha value is -9.56. The highest BCUT2D eigenvalue weighted by atomic mass is 16.6. The number of benzene rings is 8. The average molecular weight is 1220 g/mol. The second-order valence-electron chi connectivity index (χ2n) is 24.8. The van der Waals surface area contributed by atoms with Crippen LogP contribution in [-0.4, -0.2) is 64.5 Å². The monoisotopic (exact) mass is 1220 g/mol. The van der Waals surface area contributed by atoms with Crippen LogP contribution in [0.2, 0.25) is 0 Å². The summed E-state index contributed by atoms with van der Waals surface area (Å²) in [4.78, 5) is 64.5. The van der Waals surface area contributed by atoms with Crippen LogP contribution in [0.5, 0.6) is 23.0 Å². The second kappa shape index (κ2) is 25.0. The third-order valence-electron chi connectivity index (χ3n) is 18.8. The molecule has 14 heteroatoms. The first kappa shape index (κ1) is 61.7. The number of aryl methyl sites for hydroxylation is 2. The van der Waals surface area contributed by atoms with E-state index in [0.717, 1.165) is 111 Å². The van der Waals surface area contributed by atoms with E-state index in [4.69, 9.17) is 28.4 Å². The molecule has 8 aromatic rings. The zero-order valence-electron chi connectivity index (χ0n) is 53.9. The lowest BCUT2D eigenvalue weighted by molar-refractivity contribution is 0.0214. The molecule has 0 fully saturated rings. The van der Waals surface area contributed by atoms with Gasteiger partial charge in [-0.2, -0.15) is 0 Å². The van der Waals surface area contributed by atoms with Crippen LogP contribution in [0.1, 0.15) is 169 Å². The Morgan fingerprint density at radius 3 is 1.12 bits per heavy atom. The summed E-state index contributed by atoms with van der Waals surface area (Å²) in [7, 11) is 2.72. The van der Waals surface area contributed by atoms with Crippen molar-refractivity contribution in [3.8, 4) is 23.0 Å². The Morgan fingerprint density at radius 1 is 0.429 bits per heavy atom. The van der Waals surface area contributed by atoms with Crippen molar-refractivity contribution in [1.29, 1.82) is 0 Å². The van der Waals surface area contributed by atoms with Crippen molar-refractivity contribution in [2.24, 2.45) is 0 Å². The third-order valence-corrected chi connectivity index (χ3v) is 18.8. The van der Waals surface area contributed by atoms with E-state index in [9.17, 15) is 19.2 Å².